The first-order valence-corrected chi connectivity index (χ1v) is 14.3. The van der Waals surface area contributed by atoms with E-state index in [2.05, 4.69) is 0 Å². The van der Waals surface area contributed by atoms with Crippen molar-refractivity contribution < 1.29 is 69.8 Å². The number of hydrogen-bond donors (Lipinski definition) is 1. The Morgan fingerprint density at radius 3 is 1.49 bits per heavy atom. The first-order chi connectivity index (χ1) is 22.6. The van der Waals surface area contributed by atoms with Gasteiger partial charge in [-0.2, -0.15) is 0 Å². The van der Waals surface area contributed by atoms with Gasteiger partial charge in [0.1, 0.15) is 11.5 Å². The number of carbonyl (C=O) groups excluding carboxylic acids is 3. The van der Waals surface area contributed by atoms with Gasteiger partial charge in [-0.25, -0.2) is 0 Å². The molecular formula is C35H39BN4NaO10. The number of Topliss-reactive ketones (excluding diaryl/α,β-unsaturated/α-hetero) is 1. The summed E-state index contributed by atoms with van der Waals surface area (Å²) < 4.78 is 11.2. The number of carbonyl (C=O) groups is 3. The van der Waals surface area contributed by atoms with Crippen LogP contribution >= 0.6 is 0 Å². The third kappa shape index (κ3) is 12.6. The smallest absolute Gasteiger partial charge is 1.00 e. The fourth-order valence-corrected chi connectivity index (χ4v) is 4.14. The summed E-state index contributed by atoms with van der Waals surface area (Å²) >= 11 is 0. The number of hydrogen-bond acceptors (Lipinski definition) is 10. The summed E-state index contributed by atoms with van der Waals surface area (Å²) in [6.45, 7) is 2.92. The van der Waals surface area contributed by atoms with E-state index in [9.17, 15) is 39.7 Å². The summed E-state index contributed by atoms with van der Waals surface area (Å²) in [5, 5.41) is 31.9. The molecule has 3 radical (unpaired) electrons. The second-order valence-electron chi connectivity index (χ2n) is 10.8. The van der Waals surface area contributed by atoms with Gasteiger partial charge in [0.25, 0.3) is 11.8 Å². The molecule has 16 heteroatoms. The molecule has 4 aromatic rings. The van der Waals surface area contributed by atoms with Crippen LogP contribution in [-0.2, 0) is 0 Å². The standard InChI is InChI=1S/C17H18N2O5.C17H16N2O5.CH4.B.Na.H/c2*1-11(20)12-7-8-15(19(22)23)16(10-12)24-14-6-4-5-13(9-14)17(21)18(2)3;;;;/h4-11,20H,1-3H3;4-10H,1-3H3;1H4;;;/q;;;;+1;-1. The van der Waals surface area contributed by atoms with E-state index in [1.54, 1.807) is 71.5 Å². The zero-order valence-electron chi connectivity index (χ0n) is 29.6. The van der Waals surface area contributed by atoms with Crippen LogP contribution < -0.4 is 39.0 Å². The van der Waals surface area contributed by atoms with Gasteiger partial charge in [0.05, 0.1) is 16.0 Å². The molecule has 1 N–H and O–H groups in total. The molecule has 2 amide bonds. The second kappa shape index (κ2) is 20.6. The third-order valence-electron chi connectivity index (χ3n) is 6.66. The number of aliphatic hydroxyl groups is 1. The van der Waals surface area contributed by atoms with Crippen LogP contribution in [0.15, 0.2) is 84.9 Å². The number of ketones is 1. The Bertz CT molecular complexity index is 1880. The molecule has 1 atom stereocenters. The minimum Gasteiger partial charge on any atom is -1.00 e. The Balaban J connectivity index is 0. The number of nitro benzene ring substituents is 2. The van der Waals surface area contributed by atoms with Gasteiger partial charge in [0.15, 0.2) is 5.78 Å². The molecule has 4 rings (SSSR count). The summed E-state index contributed by atoms with van der Waals surface area (Å²) in [5.41, 5.74) is 1.12. The quantitative estimate of drug-likeness (QED) is 0.110. The average molecular weight is 710 g/mol. The monoisotopic (exact) mass is 709 g/mol. The van der Waals surface area contributed by atoms with E-state index in [0.29, 0.717) is 28.0 Å². The van der Waals surface area contributed by atoms with Crippen molar-refractivity contribution in [2.45, 2.75) is 27.4 Å². The van der Waals surface area contributed by atoms with E-state index in [4.69, 9.17) is 9.47 Å². The van der Waals surface area contributed by atoms with Crippen LogP contribution in [0.4, 0.5) is 11.4 Å². The van der Waals surface area contributed by atoms with E-state index in [0.717, 1.165) is 0 Å². The van der Waals surface area contributed by atoms with E-state index in [1.807, 2.05) is 0 Å². The van der Waals surface area contributed by atoms with Crippen molar-refractivity contribution in [3.63, 3.8) is 0 Å². The summed E-state index contributed by atoms with van der Waals surface area (Å²) in [6, 6.07) is 20.8. The molecule has 0 aliphatic heterocycles. The largest absolute Gasteiger partial charge is 1.00 e. The fourth-order valence-electron chi connectivity index (χ4n) is 4.14. The molecule has 4 aromatic carbocycles. The molecule has 0 spiro atoms. The van der Waals surface area contributed by atoms with Gasteiger partial charge in [0.2, 0.25) is 11.5 Å². The number of rotatable bonds is 10. The summed E-state index contributed by atoms with van der Waals surface area (Å²) in [4.78, 5) is 59.4. The van der Waals surface area contributed by atoms with Crippen LogP contribution in [0.2, 0.25) is 0 Å². The maximum Gasteiger partial charge on any atom is 1.00 e. The predicted molar refractivity (Wildman–Crippen MR) is 189 cm³/mol. The Kier molecular flexibility index (Phi) is 18.5. The van der Waals surface area contributed by atoms with Crippen LogP contribution in [0.25, 0.3) is 0 Å². The van der Waals surface area contributed by atoms with Gasteiger partial charge >= 0.3 is 40.9 Å². The zero-order chi connectivity index (χ0) is 35.7. The Labute approximate surface area is 321 Å². The minimum absolute atomic E-state index is 0. The molecule has 1 unspecified atom stereocenters. The summed E-state index contributed by atoms with van der Waals surface area (Å²) in [5.74, 6) is -0.124. The minimum atomic E-state index is -0.783. The molecule has 0 bridgehead atoms. The van der Waals surface area contributed by atoms with Crippen molar-refractivity contribution in [3.8, 4) is 23.0 Å². The predicted octanol–water partition coefficient (Wildman–Crippen LogP) is 3.81. The molecule has 0 saturated heterocycles. The van der Waals surface area contributed by atoms with E-state index in [1.165, 1.54) is 65.3 Å². The second-order valence-corrected chi connectivity index (χ2v) is 10.8. The first kappa shape index (κ1) is 45.9. The molecule has 51 heavy (non-hydrogen) atoms. The molecule has 263 valence electrons. The zero-order valence-corrected chi connectivity index (χ0v) is 30.6. The Morgan fingerprint density at radius 2 is 1.12 bits per heavy atom. The van der Waals surface area contributed by atoms with Gasteiger partial charge in [-0.05, 0) is 80.1 Å². The number of benzene rings is 4. The Hall–Kier alpha value is -5.09. The van der Waals surface area contributed by atoms with Crippen molar-refractivity contribution in [2.75, 3.05) is 28.2 Å². The fraction of sp³-hybridized carbons (Fsp3) is 0.229. The van der Waals surface area contributed by atoms with Gasteiger partial charge in [0, 0.05) is 65.4 Å². The molecule has 0 aromatic heterocycles. The van der Waals surface area contributed by atoms with Crippen molar-refractivity contribution in [2.24, 2.45) is 0 Å². The van der Waals surface area contributed by atoms with Crippen molar-refractivity contribution in [3.05, 3.63) is 127 Å². The first-order valence-electron chi connectivity index (χ1n) is 14.3. The SMILES string of the molecule is C.CC(=O)c1ccc([N+](=O)[O-])c(Oc2cccc(C(=O)N(C)C)c2)c1.CC(O)c1ccc([N+](=O)[O-])c(Oc2cccc(C(=O)N(C)C)c2)c1.[B].[H-].[Na+]. The van der Waals surface area contributed by atoms with Gasteiger partial charge in [-0.3, -0.25) is 34.6 Å². The van der Waals surface area contributed by atoms with Crippen LogP contribution in [0.1, 0.15) is 65.4 Å². The number of ether oxygens (including phenoxy) is 2. The van der Waals surface area contributed by atoms with Gasteiger partial charge in [-0.1, -0.05) is 19.6 Å². The van der Waals surface area contributed by atoms with Crippen LogP contribution in [0.5, 0.6) is 23.0 Å². The van der Waals surface area contributed by atoms with E-state index >= 15 is 0 Å². The molecule has 0 aliphatic carbocycles. The van der Waals surface area contributed by atoms with Crippen LogP contribution in [-0.4, -0.2) is 79.0 Å². The molecule has 0 heterocycles. The number of nitrogens with zero attached hydrogens (tertiary/aromatic N) is 4. The Morgan fingerprint density at radius 1 is 0.706 bits per heavy atom. The molecule has 0 fully saturated rings. The number of nitro groups is 2. The van der Waals surface area contributed by atoms with Crippen molar-refractivity contribution >= 4 is 37.4 Å². The summed E-state index contributed by atoms with van der Waals surface area (Å²) in [7, 11) is 6.51. The van der Waals surface area contributed by atoms with Crippen molar-refractivity contribution in [1.82, 2.24) is 9.80 Å². The number of amides is 2. The van der Waals surface area contributed by atoms with E-state index in [-0.39, 0.29) is 93.0 Å². The summed E-state index contributed by atoms with van der Waals surface area (Å²) in [6.07, 6.45) is -0.783. The molecule has 0 saturated carbocycles. The maximum absolute atomic E-state index is 12.0. The topological polar surface area (TPSA) is 183 Å². The number of aliphatic hydroxyl groups excluding tert-OH is 1. The normalized spacial score (nSPS) is 10.3. The average Bonchev–Trinajstić information content (AvgIpc) is 3.04. The molecule has 0 aliphatic rings. The van der Waals surface area contributed by atoms with Crippen LogP contribution in [0, 0.1) is 20.2 Å². The van der Waals surface area contributed by atoms with Gasteiger partial charge in [-0.15, -0.1) is 0 Å². The third-order valence-corrected chi connectivity index (χ3v) is 6.66. The van der Waals surface area contributed by atoms with Crippen LogP contribution in [0.3, 0.4) is 0 Å². The molecular weight excluding hydrogens is 670 g/mol. The van der Waals surface area contributed by atoms with Gasteiger partial charge < -0.3 is 25.8 Å². The maximum atomic E-state index is 12.0. The molecule has 14 nitrogen and oxygen atoms in total. The van der Waals surface area contributed by atoms with E-state index < -0.39 is 16.0 Å². The van der Waals surface area contributed by atoms with Crippen molar-refractivity contribution in [1.29, 1.82) is 0 Å².